The number of halogens is 1. The SMILES string of the molecule is Cc1cc(C)c(NC(=O)CC[C@@H](NC(=O)O)C(=O)NCCOCCOCCOCCOCCOCCN=[N+]=[N-])c(C)c1Br. The summed E-state index contributed by atoms with van der Waals surface area (Å²) in [5.74, 6) is -0.865. The average molecular weight is 676 g/mol. The predicted molar refractivity (Wildman–Crippen MR) is 162 cm³/mol. The zero-order valence-electron chi connectivity index (χ0n) is 25.0. The Kier molecular flexibility index (Phi) is 20.8. The number of aryl methyl sites for hydroxylation is 2. The van der Waals surface area contributed by atoms with Gasteiger partial charge in [-0.2, -0.15) is 0 Å². The van der Waals surface area contributed by atoms with Crippen molar-refractivity contribution in [3.8, 4) is 0 Å². The summed E-state index contributed by atoms with van der Waals surface area (Å²) in [6.07, 6.45) is -1.42. The number of carbonyl (C=O) groups is 3. The van der Waals surface area contributed by atoms with E-state index in [4.69, 9.17) is 34.3 Å². The van der Waals surface area contributed by atoms with E-state index in [0.29, 0.717) is 71.7 Å². The Morgan fingerprint density at radius 1 is 0.907 bits per heavy atom. The fourth-order valence-corrected chi connectivity index (χ4v) is 4.06. The van der Waals surface area contributed by atoms with E-state index in [1.54, 1.807) is 0 Å². The molecule has 1 aromatic rings. The number of benzene rings is 1. The van der Waals surface area contributed by atoms with Crippen molar-refractivity contribution >= 4 is 39.5 Å². The molecule has 0 spiro atoms. The van der Waals surface area contributed by atoms with Crippen LogP contribution in [0.2, 0.25) is 0 Å². The van der Waals surface area contributed by atoms with Crippen LogP contribution in [0.15, 0.2) is 15.7 Å². The summed E-state index contributed by atoms with van der Waals surface area (Å²) in [6, 6.07) is 0.864. The van der Waals surface area contributed by atoms with Crippen LogP contribution in [0.1, 0.15) is 29.5 Å². The van der Waals surface area contributed by atoms with Crippen LogP contribution in [-0.2, 0) is 33.3 Å². The standard InChI is InChI=1S/C27H43BrN6O9/c1-19-18-20(2)25(21(3)24(19)28)33-23(35)5-4-22(32-27(37)38)26(36)30-6-8-39-10-12-41-14-16-43-17-15-42-13-11-40-9-7-31-34-29/h18,22,32H,4-17H2,1-3H3,(H,30,36)(H,33,35)(H,37,38)/t22-/m1/s1. The summed E-state index contributed by atoms with van der Waals surface area (Å²) >= 11 is 3.52. The highest BCUT2D eigenvalue weighted by Gasteiger charge is 2.22. The molecule has 0 saturated heterocycles. The van der Waals surface area contributed by atoms with E-state index in [1.807, 2.05) is 26.8 Å². The molecule has 16 heteroatoms. The minimum absolute atomic E-state index is 0.00740. The number of hydrogen-bond donors (Lipinski definition) is 4. The molecule has 1 aromatic carbocycles. The first kappa shape index (κ1) is 38.0. The van der Waals surface area contributed by atoms with Gasteiger partial charge < -0.3 is 44.7 Å². The molecule has 1 atom stereocenters. The van der Waals surface area contributed by atoms with Crippen molar-refractivity contribution in [2.24, 2.45) is 5.11 Å². The number of ether oxygens (including phenoxy) is 5. The molecule has 0 unspecified atom stereocenters. The molecule has 3 amide bonds. The van der Waals surface area contributed by atoms with Gasteiger partial charge in [0.15, 0.2) is 0 Å². The summed E-state index contributed by atoms with van der Waals surface area (Å²) in [5, 5.41) is 20.1. The molecule has 0 aliphatic heterocycles. The van der Waals surface area contributed by atoms with Crippen molar-refractivity contribution in [1.29, 1.82) is 0 Å². The van der Waals surface area contributed by atoms with Crippen LogP contribution in [0.4, 0.5) is 10.5 Å². The van der Waals surface area contributed by atoms with E-state index >= 15 is 0 Å². The van der Waals surface area contributed by atoms with Crippen molar-refractivity contribution in [1.82, 2.24) is 10.6 Å². The normalized spacial score (nSPS) is 11.4. The van der Waals surface area contributed by atoms with Gasteiger partial charge in [-0.15, -0.1) is 0 Å². The van der Waals surface area contributed by atoms with Crippen molar-refractivity contribution < 1.29 is 43.2 Å². The number of nitrogens with one attached hydrogen (secondary N) is 3. The first-order chi connectivity index (χ1) is 20.7. The Hall–Kier alpha value is -2.98. The van der Waals surface area contributed by atoms with Gasteiger partial charge in [-0.3, -0.25) is 9.59 Å². The van der Waals surface area contributed by atoms with Gasteiger partial charge in [0.1, 0.15) is 6.04 Å². The number of azide groups is 1. The van der Waals surface area contributed by atoms with Crippen LogP contribution in [-0.4, -0.2) is 108 Å². The van der Waals surface area contributed by atoms with Gasteiger partial charge >= 0.3 is 6.09 Å². The zero-order chi connectivity index (χ0) is 31.9. The number of carbonyl (C=O) groups excluding carboxylic acids is 2. The van der Waals surface area contributed by atoms with Crippen LogP contribution >= 0.6 is 15.9 Å². The highest BCUT2D eigenvalue weighted by molar-refractivity contribution is 9.10. The molecule has 15 nitrogen and oxygen atoms in total. The smallest absolute Gasteiger partial charge is 0.405 e. The second kappa shape index (κ2) is 23.5. The second-order valence-electron chi connectivity index (χ2n) is 9.22. The summed E-state index contributed by atoms with van der Waals surface area (Å²) in [4.78, 5) is 38.9. The van der Waals surface area contributed by atoms with Crippen molar-refractivity contribution in [3.05, 3.63) is 37.7 Å². The first-order valence-electron chi connectivity index (χ1n) is 13.9. The predicted octanol–water partition coefficient (Wildman–Crippen LogP) is 3.24. The molecular formula is C27H43BrN6O9. The molecule has 242 valence electrons. The summed E-state index contributed by atoms with van der Waals surface area (Å²) in [6.45, 7) is 9.91. The number of rotatable bonds is 24. The van der Waals surface area contributed by atoms with E-state index < -0.39 is 18.0 Å². The topological polar surface area (TPSA) is 202 Å². The lowest BCUT2D eigenvalue weighted by Crippen LogP contribution is -2.47. The van der Waals surface area contributed by atoms with Crippen molar-refractivity contribution in [3.63, 3.8) is 0 Å². The average Bonchev–Trinajstić information content (AvgIpc) is 2.97. The fourth-order valence-electron chi connectivity index (χ4n) is 3.75. The molecule has 0 saturated carbocycles. The molecule has 1 rings (SSSR count). The zero-order valence-corrected chi connectivity index (χ0v) is 26.6. The molecular weight excluding hydrogens is 632 g/mol. The Bertz CT molecular complexity index is 1060. The highest BCUT2D eigenvalue weighted by atomic mass is 79.9. The fraction of sp³-hybridized carbons (Fsp3) is 0.667. The molecule has 0 aliphatic rings. The molecule has 0 aromatic heterocycles. The molecule has 0 aliphatic carbocycles. The quantitative estimate of drug-likeness (QED) is 0.0549. The van der Waals surface area contributed by atoms with Crippen LogP contribution in [0.3, 0.4) is 0 Å². The maximum absolute atomic E-state index is 12.6. The third kappa shape index (κ3) is 17.7. The summed E-state index contributed by atoms with van der Waals surface area (Å²) in [7, 11) is 0. The van der Waals surface area contributed by atoms with Crippen LogP contribution in [0.5, 0.6) is 0 Å². The Balaban J connectivity index is 2.14. The number of carboxylic acid groups (broad SMARTS) is 1. The van der Waals surface area contributed by atoms with Crippen LogP contribution < -0.4 is 16.0 Å². The molecule has 4 N–H and O–H groups in total. The monoisotopic (exact) mass is 674 g/mol. The summed E-state index contributed by atoms with van der Waals surface area (Å²) in [5.41, 5.74) is 11.7. The van der Waals surface area contributed by atoms with Gasteiger partial charge in [0.2, 0.25) is 11.8 Å². The highest BCUT2D eigenvalue weighted by Crippen LogP contribution is 2.30. The Labute approximate surface area is 260 Å². The molecule has 0 radical (unpaired) electrons. The minimum atomic E-state index is -1.36. The first-order valence-corrected chi connectivity index (χ1v) is 14.7. The lowest BCUT2D eigenvalue weighted by Gasteiger charge is -2.18. The second-order valence-corrected chi connectivity index (χ2v) is 10.0. The number of nitrogens with zero attached hydrogens (tertiary/aromatic N) is 3. The van der Waals surface area contributed by atoms with Gasteiger partial charge in [0.05, 0.1) is 66.1 Å². The molecule has 0 bridgehead atoms. The van der Waals surface area contributed by atoms with E-state index in [9.17, 15) is 14.4 Å². The largest absolute Gasteiger partial charge is 0.465 e. The van der Waals surface area contributed by atoms with E-state index in [0.717, 1.165) is 21.2 Å². The van der Waals surface area contributed by atoms with E-state index in [-0.39, 0.29) is 31.9 Å². The lowest BCUT2D eigenvalue weighted by molar-refractivity contribution is -0.123. The number of hydrogen-bond acceptors (Lipinski definition) is 9. The van der Waals surface area contributed by atoms with E-state index in [1.165, 1.54) is 0 Å². The summed E-state index contributed by atoms with van der Waals surface area (Å²) < 4.78 is 27.7. The minimum Gasteiger partial charge on any atom is -0.465 e. The van der Waals surface area contributed by atoms with E-state index in [2.05, 4.69) is 41.9 Å². The van der Waals surface area contributed by atoms with Crippen LogP contribution in [0, 0.1) is 20.8 Å². The molecule has 43 heavy (non-hydrogen) atoms. The lowest BCUT2D eigenvalue weighted by atomic mass is 10.0. The van der Waals surface area contributed by atoms with Gasteiger partial charge in [-0.1, -0.05) is 27.1 Å². The third-order valence-corrected chi connectivity index (χ3v) is 7.07. The number of amides is 3. The van der Waals surface area contributed by atoms with Gasteiger partial charge in [0, 0.05) is 34.6 Å². The maximum atomic E-state index is 12.6. The Morgan fingerprint density at radius 3 is 1.98 bits per heavy atom. The van der Waals surface area contributed by atoms with Crippen molar-refractivity contribution in [2.75, 3.05) is 84.5 Å². The third-order valence-electron chi connectivity index (χ3n) is 5.85. The molecule has 0 heterocycles. The molecule has 0 fully saturated rings. The number of anilines is 1. The Morgan fingerprint density at radius 2 is 1.44 bits per heavy atom. The van der Waals surface area contributed by atoms with Gasteiger partial charge in [-0.25, -0.2) is 4.79 Å². The van der Waals surface area contributed by atoms with Crippen LogP contribution in [0.25, 0.3) is 10.4 Å². The van der Waals surface area contributed by atoms with Gasteiger partial charge in [0.25, 0.3) is 0 Å². The maximum Gasteiger partial charge on any atom is 0.405 e. The van der Waals surface area contributed by atoms with Crippen molar-refractivity contribution in [2.45, 2.75) is 39.7 Å². The van der Waals surface area contributed by atoms with Gasteiger partial charge in [-0.05, 0) is 49.4 Å².